The topological polar surface area (TPSA) is 125 Å². The molecule has 6 rings (SSSR count). The molecule has 3 N–H and O–H groups in total. The van der Waals surface area contributed by atoms with Crippen molar-refractivity contribution in [3.05, 3.63) is 58.2 Å². The number of amides is 1. The number of methoxy groups -OCH3 is 1. The van der Waals surface area contributed by atoms with Gasteiger partial charge in [-0.3, -0.25) is 19.6 Å². The summed E-state index contributed by atoms with van der Waals surface area (Å²) in [5.41, 5.74) is 16.2. The molecule has 45 heavy (non-hydrogen) atoms. The standard InChI is InChI=1S/C34H42N6O4S/c1-6-39-28-12-11-21-15-23(28)24(31(39)22-9-7-13-36-30(22)20(2)43-5)17-34(3,4)19-44-33(42)26-10-8-14-40(38-26)32(41)25(35)16-29-37-27(21)18-45-29/h7,9,11-13,15,18,20,25-26,38H,6,8,10,14,16-17,19,35H2,1-5H3/t20-,25?,26-/m0/s1. The van der Waals surface area contributed by atoms with Crippen molar-refractivity contribution in [2.45, 2.75) is 78.1 Å². The third-order valence-corrected chi connectivity index (χ3v) is 9.74. The van der Waals surface area contributed by atoms with Crippen LogP contribution in [0.4, 0.5) is 0 Å². The Bertz CT molecular complexity index is 1730. The summed E-state index contributed by atoms with van der Waals surface area (Å²) in [7, 11) is 1.70. The van der Waals surface area contributed by atoms with Crippen molar-refractivity contribution in [2.75, 3.05) is 20.3 Å². The van der Waals surface area contributed by atoms with Crippen LogP contribution in [-0.2, 0) is 38.4 Å². The minimum Gasteiger partial charge on any atom is -0.464 e. The number of aromatic nitrogens is 3. The number of cyclic esters (lactones) is 1. The molecule has 3 atom stereocenters. The maximum atomic E-state index is 13.3. The lowest BCUT2D eigenvalue weighted by Gasteiger charge is -2.34. The van der Waals surface area contributed by atoms with Gasteiger partial charge < -0.3 is 19.8 Å². The molecule has 11 heteroatoms. The number of nitrogens with zero attached hydrogens (tertiary/aromatic N) is 4. The number of carbonyl (C=O) groups is 2. The molecule has 1 aromatic carbocycles. The molecule has 2 aliphatic rings. The fourth-order valence-corrected chi connectivity index (χ4v) is 7.34. The van der Waals surface area contributed by atoms with Gasteiger partial charge in [-0.25, -0.2) is 10.4 Å². The Morgan fingerprint density at radius 1 is 1.27 bits per heavy atom. The van der Waals surface area contributed by atoms with E-state index in [-0.39, 0.29) is 24.6 Å². The number of nitrogens with one attached hydrogen (secondary N) is 1. The van der Waals surface area contributed by atoms with Crippen molar-refractivity contribution in [1.29, 1.82) is 0 Å². The molecule has 1 unspecified atom stereocenters. The molecule has 6 bridgehead atoms. The summed E-state index contributed by atoms with van der Waals surface area (Å²) in [5.74, 6) is -0.607. The summed E-state index contributed by atoms with van der Waals surface area (Å²) < 4.78 is 14.1. The van der Waals surface area contributed by atoms with Crippen LogP contribution < -0.4 is 11.2 Å². The first kappa shape index (κ1) is 31.3. The van der Waals surface area contributed by atoms with E-state index in [0.29, 0.717) is 32.2 Å². The van der Waals surface area contributed by atoms with Crippen molar-refractivity contribution >= 4 is 34.1 Å². The zero-order chi connectivity index (χ0) is 31.9. The minimum atomic E-state index is -0.775. The molecule has 1 saturated heterocycles. The van der Waals surface area contributed by atoms with Crippen LogP contribution in [0.25, 0.3) is 33.4 Å². The Labute approximate surface area is 267 Å². The van der Waals surface area contributed by atoms with Gasteiger partial charge in [-0.1, -0.05) is 19.9 Å². The number of fused-ring (bicyclic) bond motifs is 6. The monoisotopic (exact) mass is 630 g/mol. The van der Waals surface area contributed by atoms with E-state index in [1.165, 1.54) is 21.9 Å². The third kappa shape index (κ3) is 6.14. The van der Waals surface area contributed by atoms with Crippen molar-refractivity contribution in [3.63, 3.8) is 0 Å². The number of hydrogen-bond acceptors (Lipinski definition) is 9. The third-order valence-electron chi connectivity index (χ3n) is 8.87. The number of rotatable bonds is 4. The first-order valence-electron chi connectivity index (χ1n) is 15.7. The van der Waals surface area contributed by atoms with Crippen molar-refractivity contribution in [2.24, 2.45) is 11.1 Å². The lowest BCUT2D eigenvalue weighted by molar-refractivity contribution is -0.154. The summed E-state index contributed by atoms with van der Waals surface area (Å²) in [5, 5.41) is 5.43. The van der Waals surface area contributed by atoms with Crippen LogP contribution >= 0.6 is 11.3 Å². The van der Waals surface area contributed by atoms with Crippen LogP contribution in [0.5, 0.6) is 0 Å². The molecule has 1 fully saturated rings. The average molecular weight is 631 g/mol. The van der Waals surface area contributed by atoms with Gasteiger partial charge in [0, 0.05) is 65.6 Å². The highest BCUT2D eigenvalue weighted by Crippen LogP contribution is 2.42. The molecule has 0 radical (unpaired) electrons. The van der Waals surface area contributed by atoms with E-state index >= 15 is 0 Å². The minimum absolute atomic E-state index is 0.199. The fourth-order valence-electron chi connectivity index (χ4n) is 6.48. The summed E-state index contributed by atoms with van der Waals surface area (Å²) in [4.78, 5) is 36.2. The maximum Gasteiger partial charge on any atom is 0.324 e. The van der Waals surface area contributed by atoms with E-state index in [4.69, 9.17) is 25.2 Å². The number of pyridine rings is 1. The van der Waals surface area contributed by atoms with Crippen LogP contribution in [0.1, 0.15) is 62.9 Å². The average Bonchev–Trinajstić information content (AvgIpc) is 3.64. The molecule has 5 heterocycles. The molecular weight excluding hydrogens is 588 g/mol. The van der Waals surface area contributed by atoms with Gasteiger partial charge in [0.2, 0.25) is 0 Å². The molecule has 10 nitrogen and oxygen atoms in total. The van der Waals surface area contributed by atoms with Crippen molar-refractivity contribution in [1.82, 2.24) is 25.0 Å². The van der Waals surface area contributed by atoms with Gasteiger partial charge in [-0.2, -0.15) is 0 Å². The number of carbonyl (C=O) groups excluding carboxylic acids is 2. The Hall–Kier alpha value is -3.64. The van der Waals surface area contributed by atoms with Gasteiger partial charge in [0.15, 0.2) is 0 Å². The molecule has 0 saturated carbocycles. The number of thiazole rings is 1. The summed E-state index contributed by atoms with van der Waals surface area (Å²) >= 11 is 1.51. The highest BCUT2D eigenvalue weighted by molar-refractivity contribution is 7.10. The zero-order valence-electron chi connectivity index (χ0n) is 26.6. The van der Waals surface area contributed by atoms with Crippen LogP contribution in [-0.4, -0.2) is 63.8 Å². The van der Waals surface area contributed by atoms with Crippen molar-refractivity contribution < 1.29 is 19.1 Å². The summed E-state index contributed by atoms with van der Waals surface area (Å²) in [6, 6.07) is 9.19. The maximum absolute atomic E-state index is 13.3. The lowest BCUT2D eigenvalue weighted by atomic mass is 9.84. The van der Waals surface area contributed by atoms with E-state index < -0.39 is 17.5 Å². The smallest absolute Gasteiger partial charge is 0.324 e. The number of nitrogens with two attached hydrogens (primary N) is 1. The van der Waals surface area contributed by atoms with Gasteiger partial charge >= 0.3 is 5.97 Å². The second-order valence-electron chi connectivity index (χ2n) is 12.8. The first-order chi connectivity index (χ1) is 21.6. The number of ether oxygens (including phenoxy) is 2. The van der Waals surface area contributed by atoms with E-state index in [0.717, 1.165) is 50.7 Å². The summed E-state index contributed by atoms with van der Waals surface area (Å²) in [6.07, 6.45) is 3.85. The second kappa shape index (κ2) is 12.6. The van der Waals surface area contributed by atoms with Gasteiger partial charge in [-0.05, 0) is 62.9 Å². The predicted molar refractivity (Wildman–Crippen MR) is 175 cm³/mol. The van der Waals surface area contributed by atoms with Gasteiger partial charge in [-0.15, -0.1) is 11.3 Å². The predicted octanol–water partition coefficient (Wildman–Crippen LogP) is 5.05. The molecule has 0 aliphatic carbocycles. The van der Waals surface area contributed by atoms with Gasteiger partial charge in [0.05, 0.1) is 40.8 Å². The van der Waals surface area contributed by atoms with Crippen LogP contribution in [0.15, 0.2) is 41.9 Å². The number of benzene rings is 1. The number of esters is 1. The molecule has 238 valence electrons. The van der Waals surface area contributed by atoms with Gasteiger partial charge in [0.25, 0.3) is 5.91 Å². The molecular formula is C34H42N6O4S. The zero-order valence-corrected chi connectivity index (χ0v) is 27.4. The highest BCUT2D eigenvalue weighted by atomic mass is 32.1. The Balaban J connectivity index is 1.53. The lowest BCUT2D eigenvalue weighted by Crippen LogP contribution is -2.59. The highest BCUT2D eigenvalue weighted by Gasteiger charge is 2.34. The van der Waals surface area contributed by atoms with E-state index in [9.17, 15) is 9.59 Å². The Morgan fingerprint density at radius 3 is 2.87 bits per heavy atom. The number of aryl methyl sites for hydroxylation is 1. The normalized spacial score (nSPS) is 21.4. The van der Waals surface area contributed by atoms with Crippen LogP contribution in [0.2, 0.25) is 0 Å². The first-order valence-corrected chi connectivity index (χ1v) is 16.6. The molecule has 3 aromatic heterocycles. The molecule has 4 aromatic rings. The second-order valence-corrected chi connectivity index (χ2v) is 13.8. The number of hydrogen-bond donors (Lipinski definition) is 2. The SMILES string of the molecule is CCn1c(-c2cccnc2[C@H](C)OC)c2c3cc(ccc31)-c1csc(n1)CC(N)C(=O)N1CCC[C@H](N1)C(=O)OCC(C)(C)C2. The molecule has 0 spiro atoms. The fraction of sp³-hybridized carbons (Fsp3) is 0.471. The molecule has 2 aliphatic heterocycles. The van der Waals surface area contributed by atoms with E-state index in [2.05, 4.69) is 55.0 Å². The quantitative estimate of drug-likeness (QED) is 0.301. The number of hydrazine groups is 1. The van der Waals surface area contributed by atoms with E-state index in [1.807, 2.05) is 24.6 Å². The Kier molecular flexibility index (Phi) is 8.80. The Morgan fingerprint density at radius 2 is 2.09 bits per heavy atom. The van der Waals surface area contributed by atoms with Gasteiger partial charge in [0.1, 0.15) is 6.04 Å². The molecule has 1 amide bonds. The van der Waals surface area contributed by atoms with Crippen LogP contribution in [0.3, 0.4) is 0 Å². The van der Waals surface area contributed by atoms with Crippen molar-refractivity contribution in [3.8, 4) is 22.5 Å². The van der Waals surface area contributed by atoms with Crippen LogP contribution in [0, 0.1) is 5.41 Å². The van der Waals surface area contributed by atoms with E-state index in [1.54, 1.807) is 7.11 Å². The largest absolute Gasteiger partial charge is 0.464 e. The summed E-state index contributed by atoms with van der Waals surface area (Å²) in [6.45, 7) is 9.89.